The number of nitrogens with zero attached hydrogens (tertiary/aromatic N) is 1. The van der Waals surface area contributed by atoms with E-state index in [0.717, 1.165) is 18.1 Å². The fourth-order valence-corrected chi connectivity index (χ4v) is 2.67. The van der Waals surface area contributed by atoms with Crippen LogP contribution in [0.3, 0.4) is 0 Å². The number of hydrogen-bond acceptors (Lipinski definition) is 3. The van der Waals surface area contributed by atoms with E-state index in [1.807, 2.05) is 37.3 Å². The molecule has 1 heterocycles. The smallest absolute Gasteiger partial charge is 0.251 e. The predicted molar refractivity (Wildman–Crippen MR) is 95.8 cm³/mol. The SMILES string of the molecule is CCNC(=O)c1ccc(CNC(=NC)NCc2cccs2)cc1. The molecular formula is C17H22N4OS. The molecule has 1 aromatic heterocycles. The molecule has 0 radical (unpaired) electrons. The van der Waals surface area contributed by atoms with Crippen LogP contribution in [0.1, 0.15) is 27.7 Å². The van der Waals surface area contributed by atoms with Crippen LogP contribution >= 0.6 is 11.3 Å². The molecule has 0 saturated heterocycles. The van der Waals surface area contributed by atoms with Crippen LogP contribution in [0.2, 0.25) is 0 Å². The van der Waals surface area contributed by atoms with Gasteiger partial charge in [-0.1, -0.05) is 18.2 Å². The first-order valence-corrected chi connectivity index (χ1v) is 8.45. The predicted octanol–water partition coefficient (Wildman–Crippen LogP) is 2.36. The van der Waals surface area contributed by atoms with Crippen LogP contribution in [0.25, 0.3) is 0 Å². The summed E-state index contributed by atoms with van der Waals surface area (Å²) < 4.78 is 0. The van der Waals surface area contributed by atoms with Crippen molar-refractivity contribution in [3.63, 3.8) is 0 Å². The number of aliphatic imine (C=N–C) groups is 1. The van der Waals surface area contributed by atoms with Crippen LogP contribution in [0.4, 0.5) is 0 Å². The summed E-state index contributed by atoms with van der Waals surface area (Å²) in [5.41, 5.74) is 1.77. The summed E-state index contributed by atoms with van der Waals surface area (Å²) in [5.74, 6) is 0.714. The number of carbonyl (C=O) groups is 1. The van der Waals surface area contributed by atoms with Crippen LogP contribution in [0, 0.1) is 0 Å². The zero-order chi connectivity index (χ0) is 16.5. The van der Waals surface area contributed by atoms with Crippen LogP contribution < -0.4 is 16.0 Å². The second kappa shape index (κ2) is 8.95. The van der Waals surface area contributed by atoms with Crippen molar-refractivity contribution in [2.75, 3.05) is 13.6 Å². The lowest BCUT2D eigenvalue weighted by atomic mass is 10.1. The largest absolute Gasteiger partial charge is 0.352 e. The summed E-state index contributed by atoms with van der Waals surface area (Å²) in [6.07, 6.45) is 0. The Morgan fingerprint density at radius 2 is 1.83 bits per heavy atom. The normalized spacial score (nSPS) is 11.1. The monoisotopic (exact) mass is 330 g/mol. The van der Waals surface area contributed by atoms with Gasteiger partial charge in [0.15, 0.2) is 5.96 Å². The quantitative estimate of drug-likeness (QED) is 0.563. The maximum atomic E-state index is 11.7. The highest BCUT2D eigenvalue weighted by molar-refractivity contribution is 7.09. The summed E-state index contributed by atoms with van der Waals surface area (Å²) in [6, 6.07) is 11.7. The number of rotatable bonds is 6. The Bertz CT molecular complexity index is 635. The molecule has 3 N–H and O–H groups in total. The van der Waals surface area contributed by atoms with E-state index in [0.29, 0.717) is 18.7 Å². The minimum Gasteiger partial charge on any atom is -0.352 e. The lowest BCUT2D eigenvalue weighted by Crippen LogP contribution is -2.36. The minimum atomic E-state index is -0.0413. The molecule has 23 heavy (non-hydrogen) atoms. The molecular weight excluding hydrogens is 308 g/mol. The van der Waals surface area contributed by atoms with Gasteiger partial charge < -0.3 is 16.0 Å². The molecule has 0 fully saturated rings. The van der Waals surface area contributed by atoms with E-state index >= 15 is 0 Å². The average Bonchev–Trinajstić information content (AvgIpc) is 3.09. The molecule has 5 nitrogen and oxygen atoms in total. The van der Waals surface area contributed by atoms with Gasteiger partial charge in [-0.2, -0.15) is 0 Å². The van der Waals surface area contributed by atoms with Crippen molar-refractivity contribution in [3.8, 4) is 0 Å². The maximum Gasteiger partial charge on any atom is 0.251 e. The van der Waals surface area contributed by atoms with Crippen molar-refractivity contribution in [1.29, 1.82) is 0 Å². The second-order valence-corrected chi connectivity index (χ2v) is 5.95. The van der Waals surface area contributed by atoms with Crippen molar-refractivity contribution in [1.82, 2.24) is 16.0 Å². The van der Waals surface area contributed by atoms with Gasteiger partial charge in [-0.15, -0.1) is 11.3 Å². The second-order valence-electron chi connectivity index (χ2n) is 4.92. The number of nitrogens with one attached hydrogen (secondary N) is 3. The zero-order valence-corrected chi connectivity index (χ0v) is 14.2. The van der Waals surface area contributed by atoms with E-state index in [9.17, 15) is 4.79 Å². The third kappa shape index (κ3) is 5.41. The van der Waals surface area contributed by atoms with Crippen LogP contribution in [-0.2, 0) is 13.1 Å². The number of guanidine groups is 1. The van der Waals surface area contributed by atoms with Gasteiger partial charge in [-0.05, 0) is 36.1 Å². The van der Waals surface area contributed by atoms with Crippen LogP contribution in [0.15, 0.2) is 46.8 Å². The van der Waals surface area contributed by atoms with Gasteiger partial charge in [-0.3, -0.25) is 9.79 Å². The highest BCUT2D eigenvalue weighted by Gasteiger charge is 2.04. The van der Waals surface area contributed by atoms with Crippen molar-refractivity contribution in [2.45, 2.75) is 20.0 Å². The molecule has 0 atom stereocenters. The van der Waals surface area contributed by atoms with E-state index < -0.39 is 0 Å². The third-order valence-corrected chi connectivity index (χ3v) is 4.12. The summed E-state index contributed by atoms with van der Waals surface area (Å²) in [7, 11) is 1.75. The Hall–Kier alpha value is -2.34. The summed E-state index contributed by atoms with van der Waals surface area (Å²) >= 11 is 1.71. The lowest BCUT2D eigenvalue weighted by molar-refractivity contribution is 0.0956. The van der Waals surface area contributed by atoms with Crippen molar-refractivity contribution in [3.05, 3.63) is 57.8 Å². The molecule has 0 bridgehead atoms. The van der Waals surface area contributed by atoms with E-state index in [1.165, 1.54) is 4.88 Å². The third-order valence-electron chi connectivity index (χ3n) is 3.25. The Kier molecular flexibility index (Phi) is 6.62. The molecule has 122 valence electrons. The van der Waals surface area contributed by atoms with Gasteiger partial charge in [-0.25, -0.2) is 0 Å². The molecule has 1 aromatic carbocycles. The fraction of sp³-hybridized carbons (Fsp3) is 0.294. The Morgan fingerprint density at radius 1 is 1.09 bits per heavy atom. The molecule has 0 spiro atoms. The molecule has 0 saturated carbocycles. The first-order chi connectivity index (χ1) is 11.2. The summed E-state index contributed by atoms with van der Waals surface area (Å²) in [4.78, 5) is 17.2. The van der Waals surface area contributed by atoms with Crippen LogP contribution in [-0.4, -0.2) is 25.5 Å². The number of amides is 1. The Morgan fingerprint density at radius 3 is 2.43 bits per heavy atom. The molecule has 0 aliphatic rings. The number of hydrogen-bond donors (Lipinski definition) is 3. The molecule has 1 amide bonds. The fourth-order valence-electron chi connectivity index (χ4n) is 2.03. The first kappa shape index (κ1) is 17.0. The Labute approximate surface area is 140 Å². The topological polar surface area (TPSA) is 65.5 Å². The van der Waals surface area contributed by atoms with E-state index in [4.69, 9.17) is 0 Å². The van der Waals surface area contributed by atoms with Gasteiger partial charge in [0.05, 0.1) is 6.54 Å². The molecule has 6 heteroatoms. The van der Waals surface area contributed by atoms with E-state index in [-0.39, 0.29) is 5.91 Å². The van der Waals surface area contributed by atoms with E-state index in [2.05, 4.69) is 32.4 Å². The average molecular weight is 330 g/mol. The zero-order valence-electron chi connectivity index (χ0n) is 13.4. The minimum absolute atomic E-state index is 0.0413. The molecule has 0 aliphatic heterocycles. The standard InChI is InChI=1S/C17H22N4OS/c1-3-19-16(22)14-8-6-13(7-9-14)11-20-17(18-2)21-12-15-5-4-10-23-15/h4-10H,3,11-12H2,1-2H3,(H,19,22)(H2,18,20,21). The van der Waals surface area contributed by atoms with Gasteiger partial charge in [0.1, 0.15) is 0 Å². The van der Waals surface area contributed by atoms with Gasteiger partial charge in [0.25, 0.3) is 5.91 Å². The van der Waals surface area contributed by atoms with E-state index in [1.54, 1.807) is 18.4 Å². The van der Waals surface area contributed by atoms with Crippen molar-refractivity contribution < 1.29 is 4.79 Å². The molecule has 0 unspecified atom stereocenters. The number of thiophene rings is 1. The van der Waals surface area contributed by atoms with Gasteiger partial charge in [0, 0.05) is 30.6 Å². The molecule has 0 aliphatic carbocycles. The first-order valence-electron chi connectivity index (χ1n) is 7.57. The summed E-state index contributed by atoms with van der Waals surface area (Å²) in [6.45, 7) is 3.95. The highest BCUT2D eigenvalue weighted by Crippen LogP contribution is 2.07. The number of benzene rings is 1. The highest BCUT2D eigenvalue weighted by atomic mass is 32.1. The summed E-state index contributed by atoms with van der Waals surface area (Å²) in [5, 5.41) is 11.4. The lowest BCUT2D eigenvalue weighted by Gasteiger charge is -2.11. The van der Waals surface area contributed by atoms with Crippen molar-refractivity contribution >= 4 is 23.2 Å². The van der Waals surface area contributed by atoms with Crippen LogP contribution in [0.5, 0.6) is 0 Å². The Balaban J connectivity index is 1.82. The van der Waals surface area contributed by atoms with Gasteiger partial charge >= 0.3 is 0 Å². The van der Waals surface area contributed by atoms with Crippen molar-refractivity contribution in [2.24, 2.45) is 4.99 Å². The molecule has 2 aromatic rings. The molecule has 2 rings (SSSR count). The number of carbonyl (C=O) groups excluding carboxylic acids is 1. The maximum absolute atomic E-state index is 11.7. The van der Waals surface area contributed by atoms with Gasteiger partial charge in [0.2, 0.25) is 0 Å².